The minimum atomic E-state index is -0.0218. The summed E-state index contributed by atoms with van der Waals surface area (Å²) in [6, 6.07) is 7.73. The van der Waals surface area contributed by atoms with Gasteiger partial charge in [0.25, 0.3) is 5.56 Å². The van der Waals surface area contributed by atoms with Crippen molar-refractivity contribution < 1.29 is 4.74 Å². The van der Waals surface area contributed by atoms with Gasteiger partial charge in [-0.05, 0) is 32.0 Å². The van der Waals surface area contributed by atoms with Crippen molar-refractivity contribution in [1.29, 1.82) is 0 Å². The van der Waals surface area contributed by atoms with Gasteiger partial charge in [-0.15, -0.1) is 0 Å². The molecule has 0 unspecified atom stereocenters. The van der Waals surface area contributed by atoms with Crippen molar-refractivity contribution in [3.63, 3.8) is 0 Å². The van der Waals surface area contributed by atoms with Gasteiger partial charge in [0.15, 0.2) is 0 Å². The second-order valence-electron chi connectivity index (χ2n) is 7.57. The second-order valence-corrected chi connectivity index (χ2v) is 7.57. The van der Waals surface area contributed by atoms with Crippen LogP contribution in [0.1, 0.15) is 19.7 Å². The fraction of sp³-hybridized carbons (Fsp3) is 0.429. The Morgan fingerprint density at radius 3 is 2.62 bits per heavy atom. The van der Waals surface area contributed by atoms with Crippen LogP contribution in [0.4, 0.5) is 5.69 Å². The quantitative estimate of drug-likeness (QED) is 0.653. The van der Waals surface area contributed by atoms with Gasteiger partial charge >= 0.3 is 0 Å². The number of hydrogen-bond acceptors (Lipinski definition) is 7. The summed E-state index contributed by atoms with van der Waals surface area (Å²) in [6.45, 7) is 8.29. The van der Waals surface area contributed by atoms with E-state index in [0.717, 1.165) is 48.6 Å². The molecule has 0 aliphatic carbocycles. The molecule has 3 heterocycles. The second kappa shape index (κ2) is 8.16. The first-order chi connectivity index (χ1) is 14.0. The maximum absolute atomic E-state index is 11.8. The summed E-state index contributed by atoms with van der Waals surface area (Å²) < 4.78 is 7.48. The largest absolute Gasteiger partial charge is 0.474 e. The predicted octanol–water partition coefficient (Wildman–Crippen LogP) is 1.83. The third kappa shape index (κ3) is 4.22. The lowest BCUT2D eigenvalue weighted by Crippen LogP contribution is -2.46. The number of aromatic nitrogens is 4. The molecule has 29 heavy (non-hydrogen) atoms. The number of nitrogens with zero attached hydrogens (tertiary/aromatic N) is 6. The Labute approximate surface area is 169 Å². The highest BCUT2D eigenvalue weighted by Gasteiger charge is 2.19. The zero-order valence-corrected chi connectivity index (χ0v) is 17.1. The summed E-state index contributed by atoms with van der Waals surface area (Å²) in [5.41, 5.74) is 2.01. The predicted molar refractivity (Wildman–Crippen MR) is 112 cm³/mol. The van der Waals surface area contributed by atoms with Crippen LogP contribution in [0.25, 0.3) is 10.9 Å². The third-order valence-electron chi connectivity index (χ3n) is 5.19. The van der Waals surface area contributed by atoms with Crippen LogP contribution >= 0.6 is 0 Å². The molecule has 1 fully saturated rings. The number of benzene rings is 1. The Bertz CT molecular complexity index is 1060. The minimum absolute atomic E-state index is 0.0218. The lowest BCUT2D eigenvalue weighted by Gasteiger charge is -2.36. The van der Waals surface area contributed by atoms with E-state index in [9.17, 15) is 4.79 Å². The van der Waals surface area contributed by atoms with Crippen LogP contribution in [0.5, 0.6) is 5.88 Å². The summed E-state index contributed by atoms with van der Waals surface area (Å²) in [5, 5.41) is 0.935. The lowest BCUT2D eigenvalue weighted by molar-refractivity contribution is 0.235. The third-order valence-corrected chi connectivity index (χ3v) is 5.19. The number of anilines is 1. The van der Waals surface area contributed by atoms with Crippen LogP contribution in [-0.2, 0) is 13.6 Å². The summed E-state index contributed by atoms with van der Waals surface area (Å²) in [4.78, 5) is 29.5. The van der Waals surface area contributed by atoms with Crippen LogP contribution in [0.2, 0.25) is 0 Å². The van der Waals surface area contributed by atoms with Gasteiger partial charge in [0.05, 0.1) is 23.6 Å². The van der Waals surface area contributed by atoms with Crippen LogP contribution in [0.3, 0.4) is 0 Å². The zero-order chi connectivity index (χ0) is 20.4. The first-order valence-corrected chi connectivity index (χ1v) is 9.91. The molecule has 8 nitrogen and oxygen atoms in total. The smallest absolute Gasteiger partial charge is 0.253 e. The highest BCUT2D eigenvalue weighted by Crippen LogP contribution is 2.28. The number of ether oxygens (including phenoxy) is 1. The Hall–Kier alpha value is -3.00. The Morgan fingerprint density at radius 2 is 1.86 bits per heavy atom. The molecule has 152 valence electrons. The normalized spacial score (nSPS) is 15.2. The standard InChI is InChI=1S/C21H26N6O2/c1-15(2)29-21-17-12-16(4-5-18(17)23-14-24-21)27-10-8-26(9-11-27)13-19-22-7-6-20(28)25(19)3/h4-7,12,14-15H,8-11,13H2,1-3H3. The van der Waals surface area contributed by atoms with Crippen molar-refractivity contribution in [2.24, 2.45) is 7.05 Å². The maximum atomic E-state index is 11.8. The van der Waals surface area contributed by atoms with Crippen molar-refractivity contribution in [3.05, 3.63) is 53.0 Å². The Morgan fingerprint density at radius 1 is 1.07 bits per heavy atom. The van der Waals surface area contributed by atoms with Crippen molar-refractivity contribution in [3.8, 4) is 5.88 Å². The fourth-order valence-corrected chi connectivity index (χ4v) is 3.56. The van der Waals surface area contributed by atoms with Crippen LogP contribution in [0, 0.1) is 0 Å². The molecular weight excluding hydrogens is 368 g/mol. The SMILES string of the molecule is CC(C)Oc1ncnc2ccc(N3CCN(Cc4nccc(=O)n4C)CC3)cc12. The van der Waals surface area contributed by atoms with E-state index in [1.807, 2.05) is 19.9 Å². The van der Waals surface area contributed by atoms with E-state index in [1.54, 1.807) is 24.1 Å². The van der Waals surface area contributed by atoms with Crippen LogP contribution in [-0.4, -0.2) is 56.7 Å². The summed E-state index contributed by atoms with van der Waals surface area (Å²) >= 11 is 0. The molecule has 1 aromatic carbocycles. The van der Waals surface area contributed by atoms with Crippen molar-refractivity contribution in [2.45, 2.75) is 26.5 Å². The van der Waals surface area contributed by atoms with Crippen molar-refractivity contribution >= 4 is 16.6 Å². The van der Waals surface area contributed by atoms with Gasteiger partial charge in [0, 0.05) is 51.2 Å². The number of rotatable bonds is 5. The van der Waals surface area contributed by atoms with E-state index in [1.165, 1.54) is 6.07 Å². The molecular formula is C21H26N6O2. The lowest BCUT2D eigenvalue weighted by atomic mass is 10.2. The molecule has 4 rings (SSSR count). The van der Waals surface area contributed by atoms with Gasteiger partial charge in [-0.25, -0.2) is 15.0 Å². The summed E-state index contributed by atoms with van der Waals surface area (Å²) in [5.74, 6) is 1.42. The van der Waals surface area contributed by atoms with Crippen LogP contribution in [0.15, 0.2) is 41.6 Å². The Kier molecular flexibility index (Phi) is 5.44. The van der Waals surface area contributed by atoms with Gasteiger partial charge in [-0.1, -0.05) is 0 Å². The topological polar surface area (TPSA) is 76.4 Å². The van der Waals surface area contributed by atoms with E-state index in [4.69, 9.17) is 4.74 Å². The molecule has 0 saturated carbocycles. The first-order valence-electron chi connectivity index (χ1n) is 9.91. The molecule has 0 atom stereocenters. The monoisotopic (exact) mass is 394 g/mol. The molecule has 0 bridgehead atoms. The maximum Gasteiger partial charge on any atom is 0.253 e. The van der Waals surface area contributed by atoms with Crippen LogP contribution < -0.4 is 15.2 Å². The van der Waals surface area contributed by atoms with Gasteiger partial charge in [-0.2, -0.15) is 0 Å². The molecule has 1 aliphatic rings. The van der Waals surface area contributed by atoms with Crippen molar-refractivity contribution in [1.82, 2.24) is 24.4 Å². The number of fused-ring (bicyclic) bond motifs is 1. The van der Waals surface area contributed by atoms with E-state index < -0.39 is 0 Å². The average Bonchev–Trinajstić information content (AvgIpc) is 2.72. The Balaban J connectivity index is 1.47. The van der Waals surface area contributed by atoms with E-state index in [-0.39, 0.29) is 11.7 Å². The fourth-order valence-electron chi connectivity index (χ4n) is 3.56. The van der Waals surface area contributed by atoms with E-state index in [0.29, 0.717) is 12.4 Å². The molecule has 0 spiro atoms. The first kappa shape index (κ1) is 19.3. The molecule has 3 aromatic rings. The number of hydrogen-bond donors (Lipinski definition) is 0. The van der Waals surface area contributed by atoms with Gasteiger partial charge < -0.3 is 9.64 Å². The van der Waals surface area contributed by atoms with Crippen molar-refractivity contribution in [2.75, 3.05) is 31.1 Å². The molecule has 0 amide bonds. The molecule has 1 aliphatic heterocycles. The highest BCUT2D eigenvalue weighted by atomic mass is 16.5. The molecule has 2 aromatic heterocycles. The molecule has 0 N–H and O–H groups in total. The van der Waals surface area contributed by atoms with E-state index in [2.05, 4.69) is 36.9 Å². The van der Waals surface area contributed by atoms with Gasteiger partial charge in [0.2, 0.25) is 5.88 Å². The summed E-state index contributed by atoms with van der Waals surface area (Å²) in [7, 11) is 1.77. The molecule has 0 radical (unpaired) electrons. The van der Waals surface area contributed by atoms with E-state index >= 15 is 0 Å². The summed E-state index contributed by atoms with van der Waals surface area (Å²) in [6.07, 6.45) is 3.19. The number of piperazine rings is 1. The molecule has 1 saturated heterocycles. The zero-order valence-electron chi connectivity index (χ0n) is 17.1. The van der Waals surface area contributed by atoms with Gasteiger partial charge in [0.1, 0.15) is 12.2 Å². The molecule has 8 heteroatoms. The average molecular weight is 394 g/mol. The minimum Gasteiger partial charge on any atom is -0.474 e. The highest BCUT2D eigenvalue weighted by molar-refractivity contribution is 5.86. The van der Waals surface area contributed by atoms with Gasteiger partial charge in [-0.3, -0.25) is 14.3 Å².